The Bertz CT molecular complexity index is 1160. The van der Waals surface area contributed by atoms with E-state index in [4.69, 9.17) is 0 Å². The van der Waals surface area contributed by atoms with Crippen LogP contribution in [-0.4, -0.2) is 41.7 Å². The van der Waals surface area contributed by atoms with E-state index in [1.807, 2.05) is 0 Å². The molecule has 0 aliphatic carbocycles. The highest BCUT2D eigenvalue weighted by atomic mass is 32.2. The maximum Gasteiger partial charge on any atom is 0.255 e. The van der Waals surface area contributed by atoms with Crippen LogP contribution in [0.2, 0.25) is 0 Å². The van der Waals surface area contributed by atoms with Crippen molar-refractivity contribution in [2.75, 3.05) is 21.9 Å². The minimum Gasteiger partial charge on any atom is -0.508 e. The van der Waals surface area contributed by atoms with E-state index in [1.165, 1.54) is 16.7 Å². The van der Waals surface area contributed by atoms with Crippen LogP contribution in [0.5, 0.6) is 5.75 Å². The van der Waals surface area contributed by atoms with Gasteiger partial charge in [-0.25, -0.2) is 18.4 Å². The van der Waals surface area contributed by atoms with Crippen LogP contribution in [0.1, 0.15) is 16.8 Å². The number of hydrogen-bond acceptors (Lipinski definition) is 6. The molecule has 0 unspecified atom stereocenters. The zero-order valence-electron chi connectivity index (χ0n) is 15.3. The average molecular weight is 410 g/mol. The molecule has 2 aromatic carbocycles. The Balaban J connectivity index is 1.50. The molecular weight excluding hydrogens is 392 g/mol. The smallest absolute Gasteiger partial charge is 0.255 e. The number of phenols is 1. The number of anilines is 2. The molecule has 29 heavy (non-hydrogen) atoms. The number of rotatable bonds is 4. The maximum absolute atomic E-state index is 12.6. The Kier molecular flexibility index (Phi) is 4.89. The lowest BCUT2D eigenvalue weighted by molar-refractivity contribution is 0.102. The van der Waals surface area contributed by atoms with E-state index in [2.05, 4.69) is 15.3 Å². The zero-order valence-corrected chi connectivity index (χ0v) is 16.1. The molecule has 1 fully saturated rings. The first-order valence-corrected chi connectivity index (χ1v) is 10.6. The zero-order chi connectivity index (χ0) is 20.4. The van der Waals surface area contributed by atoms with Crippen LogP contribution in [0, 0.1) is 0 Å². The van der Waals surface area contributed by atoms with Gasteiger partial charge in [-0.1, -0.05) is 18.2 Å². The van der Waals surface area contributed by atoms with Crippen molar-refractivity contribution in [3.8, 4) is 17.1 Å². The summed E-state index contributed by atoms with van der Waals surface area (Å²) >= 11 is 0. The fourth-order valence-corrected chi connectivity index (χ4v) is 4.68. The first-order valence-electron chi connectivity index (χ1n) is 8.96. The van der Waals surface area contributed by atoms with Gasteiger partial charge in [0.25, 0.3) is 5.91 Å². The van der Waals surface area contributed by atoms with Crippen LogP contribution < -0.4 is 9.62 Å². The quantitative estimate of drug-likeness (QED) is 0.684. The number of nitrogens with one attached hydrogen (secondary N) is 1. The van der Waals surface area contributed by atoms with E-state index in [0.717, 1.165) is 0 Å². The molecule has 148 valence electrons. The molecule has 4 rings (SSSR count). The highest BCUT2D eigenvalue weighted by Crippen LogP contribution is 2.25. The number of aromatic hydroxyl groups is 1. The number of carbonyl (C=O) groups excluding carboxylic acids is 1. The van der Waals surface area contributed by atoms with Gasteiger partial charge in [0.15, 0.2) is 5.82 Å². The monoisotopic (exact) mass is 410 g/mol. The summed E-state index contributed by atoms with van der Waals surface area (Å²) in [5.41, 5.74) is 1.87. The molecule has 1 aliphatic heterocycles. The molecule has 0 radical (unpaired) electrons. The van der Waals surface area contributed by atoms with E-state index < -0.39 is 15.9 Å². The van der Waals surface area contributed by atoms with Crippen molar-refractivity contribution < 1.29 is 18.3 Å². The Morgan fingerprint density at radius 2 is 1.83 bits per heavy atom. The van der Waals surface area contributed by atoms with Crippen molar-refractivity contribution in [3.63, 3.8) is 0 Å². The lowest BCUT2D eigenvalue weighted by atomic mass is 10.2. The highest BCUT2D eigenvalue weighted by molar-refractivity contribution is 7.93. The topological polar surface area (TPSA) is 112 Å². The molecule has 2 N–H and O–H groups in total. The molecule has 2 heterocycles. The number of carbonyl (C=O) groups is 1. The van der Waals surface area contributed by atoms with Crippen LogP contribution in [0.15, 0.2) is 60.9 Å². The summed E-state index contributed by atoms with van der Waals surface area (Å²) in [5.74, 6) is 0.257. The fourth-order valence-electron chi connectivity index (χ4n) is 3.12. The number of aromatic nitrogens is 2. The summed E-state index contributed by atoms with van der Waals surface area (Å²) in [5, 5.41) is 12.3. The standard InChI is InChI=1S/C20H18N4O4S/c25-18-7-2-4-14(11-18)19-21-12-16(13-22-19)23-20(26)15-5-1-6-17(10-15)24-8-3-9-29(24,27)28/h1-2,4-7,10-13,25H,3,8-9H2,(H,23,26). The van der Waals surface area contributed by atoms with Crippen molar-refractivity contribution in [1.82, 2.24) is 9.97 Å². The third kappa shape index (κ3) is 4.04. The maximum atomic E-state index is 12.6. The van der Waals surface area contributed by atoms with Gasteiger partial charge in [0, 0.05) is 17.7 Å². The number of amides is 1. The molecule has 1 aromatic heterocycles. The largest absolute Gasteiger partial charge is 0.508 e. The van der Waals surface area contributed by atoms with E-state index in [-0.39, 0.29) is 11.5 Å². The second-order valence-corrected chi connectivity index (χ2v) is 8.60. The molecular formula is C20H18N4O4S. The number of phenolic OH excluding ortho intramolecular Hbond substituents is 1. The van der Waals surface area contributed by atoms with Crippen LogP contribution in [0.25, 0.3) is 11.4 Å². The molecule has 0 saturated carbocycles. The summed E-state index contributed by atoms with van der Waals surface area (Å²) in [4.78, 5) is 21.0. The lowest BCUT2D eigenvalue weighted by Gasteiger charge is -2.17. The van der Waals surface area contributed by atoms with E-state index in [1.54, 1.807) is 48.5 Å². The molecule has 3 aromatic rings. The van der Waals surface area contributed by atoms with Crippen molar-refractivity contribution in [2.45, 2.75) is 6.42 Å². The van der Waals surface area contributed by atoms with Crippen LogP contribution in [0.4, 0.5) is 11.4 Å². The summed E-state index contributed by atoms with van der Waals surface area (Å²) < 4.78 is 25.5. The minimum atomic E-state index is -3.31. The van der Waals surface area contributed by atoms with Gasteiger partial charge in [-0.2, -0.15) is 0 Å². The molecule has 0 spiro atoms. The van der Waals surface area contributed by atoms with Crippen LogP contribution in [0.3, 0.4) is 0 Å². The second kappa shape index (κ2) is 7.51. The molecule has 9 heteroatoms. The summed E-state index contributed by atoms with van der Waals surface area (Å²) in [6, 6.07) is 13.1. The average Bonchev–Trinajstić information content (AvgIpc) is 3.07. The minimum absolute atomic E-state index is 0.114. The summed E-state index contributed by atoms with van der Waals surface area (Å²) in [6.07, 6.45) is 3.51. The molecule has 8 nitrogen and oxygen atoms in total. The SMILES string of the molecule is O=C(Nc1cnc(-c2cccc(O)c2)nc1)c1cccc(N2CCCS2(=O)=O)c1. The van der Waals surface area contributed by atoms with Gasteiger partial charge < -0.3 is 10.4 Å². The number of sulfonamides is 1. The lowest BCUT2D eigenvalue weighted by Crippen LogP contribution is -2.25. The first-order chi connectivity index (χ1) is 13.9. The molecule has 0 bridgehead atoms. The van der Waals surface area contributed by atoms with Crippen LogP contribution >= 0.6 is 0 Å². The number of benzene rings is 2. The molecule has 1 aliphatic rings. The Labute approximate surface area is 167 Å². The summed E-state index contributed by atoms with van der Waals surface area (Å²) in [6.45, 7) is 0.414. The van der Waals surface area contributed by atoms with E-state index in [9.17, 15) is 18.3 Å². The van der Waals surface area contributed by atoms with Gasteiger partial charge in [-0.3, -0.25) is 9.10 Å². The van der Waals surface area contributed by atoms with Gasteiger partial charge in [0.1, 0.15) is 5.75 Å². The molecule has 1 saturated heterocycles. The van der Waals surface area contributed by atoms with Crippen molar-refractivity contribution in [2.24, 2.45) is 0 Å². The Morgan fingerprint density at radius 1 is 1.07 bits per heavy atom. The number of nitrogens with zero attached hydrogens (tertiary/aromatic N) is 3. The van der Waals surface area contributed by atoms with E-state index >= 15 is 0 Å². The van der Waals surface area contributed by atoms with Crippen molar-refractivity contribution in [1.29, 1.82) is 0 Å². The second-order valence-electron chi connectivity index (χ2n) is 6.59. The highest BCUT2D eigenvalue weighted by Gasteiger charge is 2.28. The van der Waals surface area contributed by atoms with Gasteiger partial charge in [-0.15, -0.1) is 0 Å². The van der Waals surface area contributed by atoms with Gasteiger partial charge in [0.2, 0.25) is 10.0 Å². The van der Waals surface area contributed by atoms with E-state index in [0.29, 0.717) is 41.3 Å². The van der Waals surface area contributed by atoms with Crippen molar-refractivity contribution in [3.05, 3.63) is 66.5 Å². The van der Waals surface area contributed by atoms with Crippen molar-refractivity contribution >= 4 is 27.3 Å². The van der Waals surface area contributed by atoms with Gasteiger partial charge in [0.05, 0.1) is 29.5 Å². The molecule has 0 atom stereocenters. The van der Waals surface area contributed by atoms with Gasteiger partial charge >= 0.3 is 0 Å². The molecule has 1 amide bonds. The third-order valence-electron chi connectivity index (χ3n) is 4.51. The Hall–Kier alpha value is -3.46. The predicted octanol–water partition coefficient (Wildman–Crippen LogP) is 2.64. The number of hydrogen-bond donors (Lipinski definition) is 2. The van der Waals surface area contributed by atoms with Gasteiger partial charge in [-0.05, 0) is 36.8 Å². The van der Waals surface area contributed by atoms with Crippen LogP contribution in [-0.2, 0) is 10.0 Å². The summed E-state index contributed by atoms with van der Waals surface area (Å²) in [7, 11) is -3.31. The third-order valence-corrected chi connectivity index (χ3v) is 6.38. The first kappa shape index (κ1) is 18.9. The normalized spacial score (nSPS) is 15.2. The predicted molar refractivity (Wildman–Crippen MR) is 109 cm³/mol. The Morgan fingerprint density at radius 3 is 2.52 bits per heavy atom. The fraction of sp³-hybridized carbons (Fsp3) is 0.150.